The maximum absolute atomic E-state index is 3.62. The van der Waals surface area contributed by atoms with Crippen LogP contribution < -0.4 is 0 Å². The zero-order chi connectivity index (χ0) is 25.1. The molecule has 8 bridgehead atoms. The van der Waals surface area contributed by atoms with Gasteiger partial charge in [0.1, 0.15) is 0 Å². The van der Waals surface area contributed by atoms with Crippen LogP contribution in [0.15, 0.2) is 48.5 Å². The fourth-order valence-electron chi connectivity index (χ4n) is 5.25. The van der Waals surface area contributed by atoms with E-state index in [1.165, 1.54) is 45.6 Å². The number of hydrogen-bond donors (Lipinski definition) is 4. The van der Waals surface area contributed by atoms with Crippen molar-refractivity contribution < 1.29 is 5.48 Å². The summed E-state index contributed by atoms with van der Waals surface area (Å²) in [5.74, 6) is 0. The smallest absolute Gasteiger partial charge is 0.0386 e. The van der Waals surface area contributed by atoms with E-state index < -0.39 is 0 Å². The lowest BCUT2D eigenvalue weighted by atomic mass is 10.3. The summed E-state index contributed by atoms with van der Waals surface area (Å²) in [7, 11) is 8.69. The van der Waals surface area contributed by atoms with Crippen LogP contribution in [0.2, 0.25) is 0 Å². The van der Waals surface area contributed by atoms with Crippen LogP contribution >= 0.6 is 0 Å². The number of aromatic amines is 4. The Balaban J connectivity index is 0.00000320. The van der Waals surface area contributed by atoms with Gasteiger partial charge in [-0.2, -0.15) is 0 Å². The van der Waals surface area contributed by atoms with Crippen molar-refractivity contribution in [3.8, 4) is 0 Å². The van der Waals surface area contributed by atoms with Gasteiger partial charge in [0.05, 0.1) is 0 Å². The summed E-state index contributed by atoms with van der Waals surface area (Å²) in [6.45, 7) is 7.12. The van der Waals surface area contributed by atoms with E-state index in [1.807, 2.05) is 0 Å². The maximum Gasteiger partial charge on any atom is 0.0386 e. The molecule has 0 saturated carbocycles. The van der Waals surface area contributed by atoms with Crippen LogP contribution in [-0.4, -0.2) is 73.2 Å². The second-order valence-electron chi connectivity index (χ2n) is 10.7. The summed E-state index contributed by atoms with van der Waals surface area (Å²) >= 11 is 0. The minimum atomic E-state index is 0. The Hall–Kier alpha value is -3.08. The first-order valence-electron chi connectivity index (χ1n) is 12.8. The molecule has 4 aromatic rings. The van der Waals surface area contributed by atoms with E-state index in [9.17, 15) is 0 Å². The van der Waals surface area contributed by atoms with E-state index in [2.05, 4.69) is 116 Å². The highest BCUT2D eigenvalue weighted by molar-refractivity contribution is 5.18. The normalized spacial score (nSPS) is 17.8. The van der Waals surface area contributed by atoms with E-state index >= 15 is 0 Å². The van der Waals surface area contributed by atoms with Crippen LogP contribution in [0.25, 0.3) is 0 Å². The SMILES string of the molecule is CN1Cc2ccc([nH]2)CN(C)Cc2ccc([nH]2)CN(C)Cc2ccc([nH]2)CN(C)Cc2ccc([nH]2)C1.O. The van der Waals surface area contributed by atoms with E-state index in [1.54, 1.807) is 0 Å². The fourth-order valence-corrected chi connectivity index (χ4v) is 5.25. The molecule has 1 aliphatic heterocycles. The molecular formula is C28H42N8O. The van der Waals surface area contributed by atoms with Crippen LogP contribution in [0.1, 0.15) is 45.6 Å². The van der Waals surface area contributed by atoms with Gasteiger partial charge in [-0.05, 0) is 76.7 Å². The Morgan fingerprint density at radius 1 is 0.351 bits per heavy atom. The standard InChI is InChI=1S/C28H40N8.H2O/c1-33-13-21-5-7-23(29-21)15-34(2)17-25-9-11-27(31-25)19-36(4)20-28-12-10-26(32-28)18-35(3)16-24-8-6-22(14-33)30-24;/h5-12,29-32H,13-20H2,1-4H3;1H2. The van der Waals surface area contributed by atoms with E-state index in [-0.39, 0.29) is 5.48 Å². The second-order valence-corrected chi connectivity index (χ2v) is 10.7. The largest absolute Gasteiger partial charge is 0.412 e. The van der Waals surface area contributed by atoms with Gasteiger partial charge in [-0.25, -0.2) is 0 Å². The third kappa shape index (κ3) is 7.47. The molecule has 9 heteroatoms. The van der Waals surface area contributed by atoms with Gasteiger partial charge in [-0.1, -0.05) is 0 Å². The number of fused-ring (bicyclic) bond motifs is 8. The van der Waals surface area contributed by atoms with Crippen LogP contribution in [0, 0.1) is 0 Å². The van der Waals surface area contributed by atoms with Crippen molar-refractivity contribution in [1.82, 2.24) is 39.5 Å². The van der Waals surface area contributed by atoms with Crippen molar-refractivity contribution in [2.45, 2.75) is 52.4 Å². The molecule has 0 saturated heterocycles. The first kappa shape index (κ1) is 27.0. The van der Waals surface area contributed by atoms with E-state index in [4.69, 9.17) is 0 Å². The Labute approximate surface area is 219 Å². The van der Waals surface area contributed by atoms with Gasteiger partial charge in [-0.3, -0.25) is 19.6 Å². The fraction of sp³-hybridized carbons (Fsp3) is 0.429. The molecule has 0 amide bonds. The van der Waals surface area contributed by atoms with Crippen LogP contribution in [-0.2, 0) is 52.4 Å². The van der Waals surface area contributed by atoms with Crippen LogP contribution in [0.3, 0.4) is 0 Å². The zero-order valence-electron chi connectivity index (χ0n) is 22.6. The number of hydrogen-bond acceptors (Lipinski definition) is 4. The van der Waals surface area contributed by atoms with Crippen molar-refractivity contribution in [2.24, 2.45) is 0 Å². The highest BCUT2D eigenvalue weighted by Gasteiger charge is 2.12. The molecule has 9 nitrogen and oxygen atoms in total. The van der Waals surface area contributed by atoms with Crippen LogP contribution in [0.5, 0.6) is 0 Å². The first-order chi connectivity index (χ1) is 17.4. The lowest BCUT2D eigenvalue weighted by Gasteiger charge is -2.17. The molecule has 5 rings (SSSR count). The molecule has 37 heavy (non-hydrogen) atoms. The summed E-state index contributed by atoms with van der Waals surface area (Å²) in [6, 6.07) is 17.7. The number of nitrogens with zero attached hydrogens (tertiary/aromatic N) is 4. The molecule has 0 radical (unpaired) electrons. The van der Waals surface area contributed by atoms with Crippen molar-refractivity contribution >= 4 is 0 Å². The van der Waals surface area contributed by atoms with Crippen molar-refractivity contribution in [1.29, 1.82) is 0 Å². The van der Waals surface area contributed by atoms with Crippen LogP contribution in [0.4, 0.5) is 0 Å². The topological polar surface area (TPSA) is 108 Å². The molecule has 0 fully saturated rings. The second kappa shape index (κ2) is 12.0. The molecule has 0 aliphatic carbocycles. The van der Waals surface area contributed by atoms with Crippen molar-refractivity contribution in [2.75, 3.05) is 28.2 Å². The first-order valence-corrected chi connectivity index (χ1v) is 12.8. The molecule has 6 N–H and O–H groups in total. The Bertz CT molecular complexity index is 975. The molecule has 200 valence electrons. The van der Waals surface area contributed by atoms with E-state index in [0.29, 0.717) is 0 Å². The molecular weight excluding hydrogens is 464 g/mol. The van der Waals surface area contributed by atoms with Gasteiger partial charge in [0.15, 0.2) is 0 Å². The molecule has 4 aromatic heterocycles. The van der Waals surface area contributed by atoms with Gasteiger partial charge >= 0.3 is 0 Å². The maximum atomic E-state index is 3.62. The van der Waals surface area contributed by atoms with Gasteiger partial charge in [-0.15, -0.1) is 0 Å². The van der Waals surface area contributed by atoms with Crippen molar-refractivity contribution in [3.63, 3.8) is 0 Å². The number of rotatable bonds is 0. The van der Waals surface area contributed by atoms with E-state index in [0.717, 1.165) is 52.4 Å². The minimum absolute atomic E-state index is 0. The summed E-state index contributed by atoms with van der Waals surface area (Å²) in [5.41, 5.74) is 9.98. The van der Waals surface area contributed by atoms with Gasteiger partial charge < -0.3 is 25.4 Å². The number of H-pyrrole nitrogens is 4. The third-order valence-electron chi connectivity index (χ3n) is 6.75. The lowest BCUT2D eigenvalue weighted by Crippen LogP contribution is -2.20. The predicted molar refractivity (Wildman–Crippen MR) is 147 cm³/mol. The minimum Gasteiger partial charge on any atom is -0.412 e. The molecule has 1 aliphatic rings. The number of nitrogens with one attached hydrogen (secondary N) is 4. The Morgan fingerprint density at radius 3 is 0.622 bits per heavy atom. The molecule has 5 heterocycles. The molecule has 0 unspecified atom stereocenters. The van der Waals surface area contributed by atoms with Gasteiger partial charge in [0.2, 0.25) is 0 Å². The summed E-state index contributed by atoms with van der Waals surface area (Å²) in [5, 5.41) is 0. The number of aromatic nitrogens is 4. The summed E-state index contributed by atoms with van der Waals surface area (Å²) in [6.07, 6.45) is 0. The zero-order valence-corrected chi connectivity index (χ0v) is 22.6. The highest BCUT2D eigenvalue weighted by atomic mass is 16.0. The summed E-state index contributed by atoms with van der Waals surface area (Å²) < 4.78 is 0. The van der Waals surface area contributed by atoms with Gasteiger partial charge in [0.25, 0.3) is 0 Å². The Kier molecular flexibility index (Phi) is 8.73. The highest BCUT2D eigenvalue weighted by Crippen LogP contribution is 2.15. The van der Waals surface area contributed by atoms with Crippen molar-refractivity contribution in [3.05, 3.63) is 94.1 Å². The monoisotopic (exact) mass is 506 g/mol. The average Bonchev–Trinajstić information content (AvgIpc) is 3.59. The van der Waals surface area contributed by atoms with Gasteiger partial charge in [0, 0.05) is 97.9 Å². The summed E-state index contributed by atoms with van der Waals surface area (Å²) in [4.78, 5) is 23.8. The molecule has 0 spiro atoms. The predicted octanol–water partition coefficient (Wildman–Crippen LogP) is 3.02. The molecule has 0 aromatic carbocycles. The third-order valence-corrected chi connectivity index (χ3v) is 6.75. The Morgan fingerprint density at radius 2 is 0.486 bits per heavy atom. The quantitative estimate of drug-likeness (QED) is 0.294. The lowest BCUT2D eigenvalue weighted by molar-refractivity contribution is 0.299. The average molecular weight is 507 g/mol. The molecule has 0 atom stereocenters.